The van der Waals surface area contributed by atoms with Crippen molar-refractivity contribution in [1.29, 1.82) is 0 Å². The molecule has 13 heavy (non-hydrogen) atoms. The summed E-state index contributed by atoms with van der Waals surface area (Å²) in [5.41, 5.74) is 0. The van der Waals surface area contributed by atoms with Crippen LogP contribution in [0.3, 0.4) is 0 Å². The van der Waals surface area contributed by atoms with Gasteiger partial charge in [-0.05, 0) is 0 Å². The van der Waals surface area contributed by atoms with Crippen LogP contribution < -0.4 is 0 Å². The Balaban J connectivity index is 0. The molecule has 0 saturated carbocycles. The van der Waals surface area contributed by atoms with E-state index in [9.17, 15) is 0 Å². The zero-order valence-corrected chi connectivity index (χ0v) is 20.4. The van der Waals surface area contributed by atoms with E-state index in [2.05, 4.69) is 0 Å². The smallest absolute Gasteiger partial charge is 2.00 e. The molecule has 74 valence electrons. The van der Waals surface area contributed by atoms with E-state index in [-0.39, 0.29) is 163 Å². The SMILES string of the molecule is [Cu+2].[Cu+2].[In+3].[In+3].[O-2].[O-2].[O-2].[O-2].[O-2].[O-2].[O-2].[Zn+2].[Zn+2]. The third-order valence-corrected chi connectivity index (χ3v) is 0. The summed E-state index contributed by atoms with van der Waals surface area (Å²) in [6.45, 7) is 0. The van der Waals surface area contributed by atoms with Crippen LogP contribution >= 0.6 is 0 Å². The molecule has 0 N–H and O–H groups in total. The third kappa shape index (κ3) is 212. The van der Waals surface area contributed by atoms with Gasteiger partial charge in [0.15, 0.2) is 0 Å². The summed E-state index contributed by atoms with van der Waals surface area (Å²) >= 11 is 0. The molecule has 0 atom stereocenters. The molecule has 7 nitrogen and oxygen atoms in total. The topological polar surface area (TPSA) is 200 Å². The average molecular weight is 600 g/mol. The van der Waals surface area contributed by atoms with Crippen LogP contribution in [0.2, 0.25) is 0 Å². The minimum absolute atomic E-state index is 0. The second-order valence-corrected chi connectivity index (χ2v) is 0. The standard InChI is InChI=1S/2Cu.2In.7O.2Zn/q2*+2;2*+3;7*-2;2*+2. The molecule has 0 aliphatic rings. The molecule has 0 aromatic rings. The summed E-state index contributed by atoms with van der Waals surface area (Å²) in [4.78, 5) is 0. The molecular weight excluding hydrogens is 600 g/mol. The Bertz CT molecular complexity index is 22.5. The molecule has 2 radical (unpaired) electrons. The molecular formula is Cu2In2O7Zn2. The zero-order chi connectivity index (χ0) is 0. The average Bonchev–Trinajstić information content (AvgIpc) is 0. The second-order valence-electron chi connectivity index (χ2n) is 0. The molecule has 0 aromatic carbocycles. The van der Waals surface area contributed by atoms with Gasteiger partial charge in [-0.3, -0.25) is 0 Å². The van der Waals surface area contributed by atoms with Crippen LogP contribution in [0.25, 0.3) is 0 Å². The monoisotopic (exact) mass is 595 g/mol. The molecule has 13 heteroatoms. The first-order chi connectivity index (χ1) is 0. The second kappa shape index (κ2) is 244. The Morgan fingerprint density at radius 1 is 0.308 bits per heavy atom. The summed E-state index contributed by atoms with van der Waals surface area (Å²) in [6.07, 6.45) is 0. The van der Waals surface area contributed by atoms with Gasteiger partial charge in [0.05, 0.1) is 0 Å². The van der Waals surface area contributed by atoms with Gasteiger partial charge in [-0.15, -0.1) is 0 Å². The van der Waals surface area contributed by atoms with Crippen molar-refractivity contribution in [3.05, 3.63) is 0 Å². The molecule has 0 unspecified atom stereocenters. The van der Waals surface area contributed by atoms with Crippen molar-refractivity contribution >= 4 is 51.7 Å². The molecule has 0 spiro atoms. The number of hydrogen-bond donors (Lipinski definition) is 0. The molecule has 0 aliphatic heterocycles. The first-order valence-electron chi connectivity index (χ1n) is 0. The Morgan fingerprint density at radius 3 is 0.308 bits per heavy atom. The van der Waals surface area contributed by atoms with Crippen LogP contribution in [0.5, 0.6) is 0 Å². The van der Waals surface area contributed by atoms with Crippen LogP contribution in [-0.2, 0) is 111 Å². The fourth-order valence-electron chi connectivity index (χ4n) is 0. The van der Waals surface area contributed by atoms with E-state index in [1.807, 2.05) is 0 Å². The molecule has 0 saturated heterocycles. The van der Waals surface area contributed by atoms with E-state index in [4.69, 9.17) is 0 Å². The summed E-state index contributed by atoms with van der Waals surface area (Å²) in [5.74, 6) is 0. The van der Waals surface area contributed by atoms with Crippen molar-refractivity contribution in [3.63, 3.8) is 0 Å². The fraction of sp³-hybridized carbons (Fsp3) is 0. The minimum atomic E-state index is 0. The molecule has 0 heterocycles. The van der Waals surface area contributed by atoms with E-state index < -0.39 is 0 Å². The van der Waals surface area contributed by atoms with Gasteiger partial charge in [0, 0.05) is 0 Å². The van der Waals surface area contributed by atoms with Gasteiger partial charge in [-0.1, -0.05) is 0 Å². The molecule has 0 rings (SSSR count). The van der Waals surface area contributed by atoms with Crippen LogP contribution in [-0.4, -0.2) is 51.7 Å². The first-order valence-corrected chi connectivity index (χ1v) is 0. The summed E-state index contributed by atoms with van der Waals surface area (Å²) < 4.78 is 0. The maximum atomic E-state index is 0. The van der Waals surface area contributed by atoms with Gasteiger partial charge in [0.25, 0.3) is 0 Å². The Labute approximate surface area is 161 Å². The van der Waals surface area contributed by atoms with Gasteiger partial charge in [-0.2, -0.15) is 0 Å². The zero-order valence-electron chi connectivity index (χ0n) is 6.03. The quantitative estimate of drug-likeness (QED) is 0.289. The predicted molar refractivity (Wildman–Crippen MR) is 16.3 cm³/mol. The molecule has 0 amide bonds. The molecule has 0 aromatic heterocycles. The van der Waals surface area contributed by atoms with Gasteiger partial charge < -0.3 is 38.3 Å². The van der Waals surface area contributed by atoms with Crippen molar-refractivity contribution in [3.8, 4) is 0 Å². The van der Waals surface area contributed by atoms with Crippen molar-refractivity contribution < 1.29 is 111 Å². The predicted octanol–water partition coefficient (Wildman–Crippen LogP) is -1.60. The number of rotatable bonds is 0. The maximum Gasteiger partial charge on any atom is 3.00 e. The minimum Gasteiger partial charge on any atom is -2.00 e. The van der Waals surface area contributed by atoms with E-state index >= 15 is 0 Å². The Hall–Kier alpha value is 3.75. The number of hydrogen-bond acceptors (Lipinski definition) is 0. The van der Waals surface area contributed by atoms with Crippen LogP contribution in [0.1, 0.15) is 0 Å². The third-order valence-electron chi connectivity index (χ3n) is 0. The Kier molecular flexibility index (Phi) is 5550. The summed E-state index contributed by atoms with van der Waals surface area (Å²) in [7, 11) is 0. The van der Waals surface area contributed by atoms with E-state index in [1.165, 1.54) is 0 Å². The van der Waals surface area contributed by atoms with Crippen molar-refractivity contribution in [2.45, 2.75) is 0 Å². The van der Waals surface area contributed by atoms with E-state index in [0.29, 0.717) is 0 Å². The van der Waals surface area contributed by atoms with Crippen LogP contribution in [0, 0.1) is 0 Å². The van der Waals surface area contributed by atoms with Gasteiger partial charge in [0.1, 0.15) is 0 Å². The van der Waals surface area contributed by atoms with Crippen molar-refractivity contribution in [1.82, 2.24) is 0 Å². The van der Waals surface area contributed by atoms with E-state index in [1.54, 1.807) is 0 Å². The summed E-state index contributed by atoms with van der Waals surface area (Å²) in [5, 5.41) is 0. The van der Waals surface area contributed by atoms with Gasteiger partial charge in [-0.25, -0.2) is 0 Å². The van der Waals surface area contributed by atoms with Crippen LogP contribution in [0.15, 0.2) is 0 Å². The van der Waals surface area contributed by atoms with Crippen molar-refractivity contribution in [2.24, 2.45) is 0 Å². The molecule has 0 bridgehead atoms. The normalized spacial score (nSPS) is 0. The van der Waals surface area contributed by atoms with Crippen LogP contribution in [0.4, 0.5) is 0 Å². The largest absolute Gasteiger partial charge is 3.00 e. The van der Waals surface area contributed by atoms with Gasteiger partial charge in [0.2, 0.25) is 0 Å². The molecule has 0 fully saturated rings. The van der Waals surface area contributed by atoms with Crippen molar-refractivity contribution in [2.75, 3.05) is 0 Å². The molecule has 0 aliphatic carbocycles. The first kappa shape index (κ1) is 296. The Morgan fingerprint density at radius 2 is 0.308 bits per heavy atom. The fourth-order valence-corrected chi connectivity index (χ4v) is 0. The van der Waals surface area contributed by atoms with E-state index in [0.717, 1.165) is 0 Å². The van der Waals surface area contributed by atoms with Gasteiger partial charge >= 0.3 is 125 Å². The maximum absolute atomic E-state index is 0. The summed E-state index contributed by atoms with van der Waals surface area (Å²) in [6, 6.07) is 0.